The Hall–Kier alpha value is -1.58. The molecule has 4 heteroatoms. The van der Waals surface area contributed by atoms with E-state index in [2.05, 4.69) is 0 Å². The summed E-state index contributed by atoms with van der Waals surface area (Å²) in [6.07, 6.45) is 0. The van der Waals surface area contributed by atoms with E-state index in [9.17, 15) is 4.39 Å². The summed E-state index contributed by atoms with van der Waals surface area (Å²) >= 11 is 0. The van der Waals surface area contributed by atoms with Crippen LogP contribution in [-0.2, 0) is 0 Å². The Morgan fingerprint density at radius 3 is 2.64 bits per heavy atom. The summed E-state index contributed by atoms with van der Waals surface area (Å²) in [4.78, 5) is 0. The molecule has 0 spiro atoms. The number of benzene rings is 1. The first-order chi connectivity index (χ1) is 5.11. The molecular formula is C7H7FN2O. The number of nitrogen functional groups attached to an aromatic ring is 1. The number of amidine groups is 1. The highest BCUT2D eigenvalue weighted by Crippen LogP contribution is 2.16. The van der Waals surface area contributed by atoms with E-state index in [0.717, 1.165) is 18.2 Å². The molecule has 0 saturated carbocycles. The molecule has 1 aromatic carbocycles. The summed E-state index contributed by atoms with van der Waals surface area (Å²) in [5.74, 6) is -1.05. The third-order valence-corrected chi connectivity index (χ3v) is 1.25. The first-order valence-corrected chi connectivity index (χ1v) is 2.94. The van der Waals surface area contributed by atoms with Gasteiger partial charge < -0.3 is 10.8 Å². The smallest absolute Gasteiger partial charge is 0.126 e. The molecular weight excluding hydrogens is 147 g/mol. The highest BCUT2D eigenvalue weighted by molar-refractivity contribution is 5.97. The molecule has 0 aliphatic heterocycles. The summed E-state index contributed by atoms with van der Waals surface area (Å²) in [5, 5.41) is 15.9. The molecule has 3 nitrogen and oxygen atoms in total. The summed E-state index contributed by atoms with van der Waals surface area (Å²) < 4.78 is 12.4. The first-order valence-electron chi connectivity index (χ1n) is 2.94. The molecule has 0 saturated heterocycles. The number of hydrogen-bond donors (Lipinski definition) is 3. The van der Waals surface area contributed by atoms with E-state index in [-0.39, 0.29) is 17.1 Å². The fourth-order valence-corrected chi connectivity index (χ4v) is 0.724. The molecule has 0 radical (unpaired) electrons. The number of halogens is 1. The molecule has 58 valence electrons. The molecule has 0 aromatic heterocycles. The Balaban J connectivity index is 3.23. The minimum Gasteiger partial charge on any atom is -0.507 e. The van der Waals surface area contributed by atoms with Crippen LogP contribution in [0.1, 0.15) is 5.56 Å². The van der Waals surface area contributed by atoms with Crippen molar-refractivity contribution in [3.05, 3.63) is 29.6 Å². The van der Waals surface area contributed by atoms with Gasteiger partial charge in [-0.25, -0.2) is 4.39 Å². The van der Waals surface area contributed by atoms with E-state index < -0.39 is 5.82 Å². The maximum absolute atomic E-state index is 12.4. The fourth-order valence-electron chi connectivity index (χ4n) is 0.724. The number of hydrogen-bond acceptors (Lipinski definition) is 2. The minimum absolute atomic E-state index is 0.0185. The van der Waals surface area contributed by atoms with E-state index in [1.807, 2.05) is 0 Å². The Morgan fingerprint density at radius 1 is 1.55 bits per heavy atom. The Kier molecular flexibility index (Phi) is 1.76. The molecule has 0 atom stereocenters. The predicted octanol–water partition coefficient (Wildman–Crippen LogP) is 0.815. The van der Waals surface area contributed by atoms with Gasteiger partial charge in [-0.3, -0.25) is 5.41 Å². The van der Waals surface area contributed by atoms with Crippen LogP contribution in [0.15, 0.2) is 18.2 Å². The van der Waals surface area contributed by atoms with Crippen LogP contribution in [0.25, 0.3) is 0 Å². The van der Waals surface area contributed by atoms with Crippen molar-refractivity contribution in [2.24, 2.45) is 5.73 Å². The van der Waals surface area contributed by atoms with Crippen molar-refractivity contribution in [1.82, 2.24) is 0 Å². The number of phenolic OH excluding ortho intramolecular Hbond substituents is 1. The van der Waals surface area contributed by atoms with Crippen molar-refractivity contribution < 1.29 is 9.50 Å². The van der Waals surface area contributed by atoms with Crippen LogP contribution in [0.5, 0.6) is 5.75 Å². The number of nitrogens with one attached hydrogen (secondary N) is 1. The van der Waals surface area contributed by atoms with Crippen molar-refractivity contribution in [2.75, 3.05) is 0 Å². The van der Waals surface area contributed by atoms with Crippen LogP contribution in [0.2, 0.25) is 0 Å². The van der Waals surface area contributed by atoms with Crippen LogP contribution in [0.3, 0.4) is 0 Å². The second-order valence-corrected chi connectivity index (χ2v) is 2.08. The normalized spacial score (nSPS) is 9.55. The molecule has 1 aromatic rings. The lowest BCUT2D eigenvalue weighted by Gasteiger charge is -2.00. The van der Waals surface area contributed by atoms with Gasteiger partial charge in [0.25, 0.3) is 0 Å². The van der Waals surface area contributed by atoms with Gasteiger partial charge in [-0.15, -0.1) is 0 Å². The van der Waals surface area contributed by atoms with Gasteiger partial charge >= 0.3 is 0 Å². The SMILES string of the molecule is N=C(N)c1cc(F)ccc1O. The van der Waals surface area contributed by atoms with Crippen LogP contribution in [0.4, 0.5) is 4.39 Å². The maximum Gasteiger partial charge on any atom is 0.126 e. The third-order valence-electron chi connectivity index (χ3n) is 1.25. The highest BCUT2D eigenvalue weighted by atomic mass is 19.1. The average molecular weight is 154 g/mol. The van der Waals surface area contributed by atoms with Gasteiger partial charge in [0.1, 0.15) is 17.4 Å². The number of aromatic hydroxyl groups is 1. The molecule has 0 unspecified atom stereocenters. The molecule has 4 N–H and O–H groups in total. The lowest BCUT2D eigenvalue weighted by Crippen LogP contribution is -2.11. The lowest BCUT2D eigenvalue weighted by atomic mass is 10.2. The molecule has 0 fully saturated rings. The van der Waals surface area contributed by atoms with Gasteiger partial charge in [-0.05, 0) is 18.2 Å². The number of rotatable bonds is 1. The molecule has 1 rings (SSSR count). The third kappa shape index (κ3) is 1.46. The monoisotopic (exact) mass is 154 g/mol. The fraction of sp³-hybridized carbons (Fsp3) is 0. The molecule has 0 aliphatic carbocycles. The van der Waals surface area contributed by atoms with Gasteiger partial charge in [-0.2, -0.15) is 0 Å². The van der Waals surface area contributed by atoms with Gasteiger partial charge in [0.05, 0.1) is 5.56 Å². The largest absolute Gasteiger partial charge is 0.507 e. The van der Waals surface area contributed by atoms with Crippen LogP contribution < -0.4 is 5.73 Å². The first kappa shape index (κ1) is 7.53. The molecule has 0 aliphatic rings. The molecule has 11 heavy (non-hydrogen) atoms. The highest BCUT2D eigenvalue weighted by Gasteiger charge is 2.04. The standard InChI is InChI=1S/C7H7FN2O/c8-4-1-2-6(11)5(3-4)7(9)10/h1-3,11H,(H3,9,10). The maximum atomic E-state index is 12.4. The van der Waals surface area contributed by atoms with Gasteiger partial charge in [-0.1, -0.05) is 0 Å². The van der Waals surface area contributed by atoms with Crippen molar-refractivity contribution in [3.8, 4) is 5.75 Å². The predicted molar refractivity (Wildman–Crippen MR) is 39.1 cm³/mol. The zero-order valence-electron chi connectivity index (χ0n) is 5.63. The second-order valence-electron chi connectivity index (χ2n) is 2.08. The van der Waals surface area contributed by atoms with Crippen LogP contribution >= 0.6 is 0 Å². The minimum atomic E-state index is -0.520. The molecule has 0 amide bonds. The lowest BCUT2D eigenvalue weighted by molar-refractivity contribution is 0.471. The quantitative estimate of drug-likeness (QED) is 0.414. The topological polar surface area (TPSA) is 70.1 Å². The summed E-state index contributed by atoms with van der Waals surface area (Å²) in [6, 6.07) is 3.27. The van der Waals surface area contributed by atoms with Crippen molar-refractivity contribution >= 4 is 5.84 Å². The van der Waals surface area contributed by atoms with Crippen molar-refractivity contribution in [1.29, 1.82) is 5.41 Å². The second kappa shape index (κ2) is 2.57. The van der Waals surface area contributed by atoms with Crippen LogP contribution in [-0.4, -0.2) is 10.9 Å². The molecule has 0 bridgehead atoms. The Labute approximate surface area is 62.8 Å². The van der Waals surface area contributed by atoms with Crippen molar-refractivity contribution in [2.45, 2.75) is 0 Å². The van der Waals surface area contributed by atoms with E-state index >= 15 is 0 Å². The zero-order chi connectivity index (χ0) is 8.43. The summed E-state index contributed by atoms with van der Waals surface area (Å²) in [6.45, 7) is 0. The van der Waals surface area contributed by atoms with Gasteiger partial charge in [0, 0.05) is 0 Å². The average Bonchev–Trinajstić information content (AvgIpc) is 1.94. The number of nitrogens with two attached hydrogens (primary N) is 1. The van der Waals surface area contributed by atoms with Crippen LogP contribution in [0, 0.1) is 11.2 Å². The van der Waals surface area contributed by atoms with E-state index in [1.54, 1.807) is 0 Å². The zero-order valence-corrected chi connectivity index (χ0v) is 5.63. The van der Waals surface area contributed by atoms with Crippen molar-refractivity contribution in [3.63, 3.8) is 0 Å². The van der Waals surface area contributed by atoms with Gasteiger partial charge in [0.15, 0.2) is 0 Å². The Morgan fingerprint density at radius 2 is 2.18 bits per heavy atom. The van der Waals surface area contributed by atoms with E-state index in [0.29, 0.717) is 0 Å². The summed E-state index contributed by atoms with van der Waals surface area (Å²) in [5.41, 5.74) is 5.06. The summed E-state index contributed by atoms with van der Waals surface area (Å²) in [7, 11) is 0. The van der Waals surface area contributed by atoms with Gasteiger partial charge in [0.2, 0.25) is 0 Å². The number of phenols is 1. The molecule has 0 heterocycles. The Bertz CT molecular complexity index is 298. The van der Waals surface area contributed by atoms with E-state index in [4.69, 9.17) is 16.2 Å². The van der Waals surface area contributed by atoms with E-state index in [1.165, 1.54) is 0 Å².